The molecule has 6 nitrogen and oxygen atoms in total. The number of carbonyl (C=O) groups excluding carboxylic acids is 2. The highest BCUT2D eigenvalue weighted by Crippen LogP contribution is 2.33. The molecule has 1 aliphatic carbocycles. The predicted molar refractivity (Wildman–Crippen MR) is 118 cm³/mol. The molecule has 162 valence electrons. The highest BCUT2D eigenvalue weighted by Gasteiger charge is 2.32. The van der Waals surface area contributed by atoms with Gasteiger partial charge in [-0.3, -0.25) is 14.4 Å². The van der Waals surface area contributed by atoms with Gasteiger partial charge >= 0.3 is 5.97 Å². The summed E-state index contributed by atoms with van der Waals surface area (Å²) in [6, 6.07) is 8.06. The van der Waals surface area contributed by atoms with Crippen molar-refractivity contribution in [1.82, 2.24) is 9.55 Å². The fraction of sp³-hybridized carbons (Fsp3) is 0.360. The number of hydrogen-bond acceptors (Lipinski definition) is 4. The van der Waals surface area contributed by atoms with E-state index in [9.17, 15) is 14.4 Å². The monoisotopic (exact) mass is 420 g/mol. The molecule has 0 bridgehead atoms. The highest BCUT2D eigenvalue weighted by molar-refractivity contribution is 6.24. The van der Waals surface area contributed by atoms with Gasteiger partial charge in [0.2, 0.25) is 0 Å². The molecule has 1 unspecified atom stereocenters. The van der Waals surface area contributed by atoms with E-state index >= 15 is 0 Å². The minimum atomic E-state index is -0.819. The van der Waals surface area contributed by atoms with Crippen LogP contribution < -0.4 is 0 Å². The molecule has 0 saturated carbocycles. The molecular weight excluding hydrogens is 392 g/mol. The molecule has 0 fully saturated rings. The lowest BCUT2D eigenvalue weighted by Gasteiger charge is -2.26. The van der Waals surface area contributed by atoms with Gasteiger partial charge in [-0.25, -0.2) is 4.98 Å². The fourth-order valence-electron chi connectivity index (χ4n) is 4.12. The smallest absolute Gasteiger partial charge is 0.303 e. The van der Waals surface area contributed by atoms with Crippen molar-refractivity contribution in [3.63, 3.8) is 0 Å². The third-order valence-corrected chi connectivity index (χ3v) is 6.06. The van der Waals surface area contributed by atoms with Crippen LogP contribution in [0.1, 0.15) is 52.0 Å². The number of imidazole rings is 1. The van der Waals surface area contributed by atoms with Crippen LogP contribution in [-0.2, 0) is 20.8 Å². The molecule has 1 aromatic heterocycles. The summed E-state index contributed by atoms with van der Waals surface area (Å²) in [6.45, 7) is 5.15. The first kappa shape index (κ1) is 22.4. The maximum atomic E-state index is 13.1. The number of unbranched alkanes of at least 4 members (excludes halogenated alkanes) is 1. The molecule has 0 aliphatic heterocycles. The standard InChI is InChI=1S/C25H28N2O4/c1-16-17(2)25(31)23(18(3)24(16)30)20(6-4-5-7-22(28)29)14-19-8-10-21(11-9-19)27-13-12-26-15-27/h8-13,15,20H,4-7,14H2,1-3H3,(H,28,29). The zero-order valence-corrected chi connectivity index (χ0v) is 18.2. The van der Waals surface area contributed by atoms with Gasteiger partial charge in [0, 0.05) is 46.8 Å². The first-order valence-corrected chi connectivity index (χ1v) is 10.6. The Kier molecular flexibility index (Phi) is 7.00. The van der Waals surface area contributed by atoms with Gasteiger partial charge in [-0.1, -0.05) is 18.6 Å². The molecule has 1 atom stereocenters. The number of rotatable bonds is 9. The second-order valence-corrected chi connectivity index (χ2v) is 8.12. The minimum absolute atomic E-state index is 0.0622. The number of hydrogen-bond donors (Lipinski definition) is 1. The number of carboxylic acid groups (broad SMARTS) is 1. The van der Waals surface area contributed by atoms with Crippen molar-refractivity contribution < 1.29 is 19.5 Å². The van der Waals surface area contributed by atoms with Crippen LogP contribution in [0.4, 0.5) is 0 Å². The minimum Gasteiger partial charge on any atom is -0.481 e. The fourth-order valence-corrected chi connectivity index (χ4v) is 4.12. The number of Topliss-reactive ketones (excluding diaryl/α,β-unsaturated/α-hetero) is 2. The zero-order chi connectivity index (χ0) is 22.5. The number of aromatic nitrogens is 2. The summed E-state index contributed by atoms with van der Waals surface area (Å²) < 4.78 is 1.92. The van der Waals surface area contributed by atoms with Crippen LogP contribution in [-0.4, -0.2) is 32.2 Å². The molecular formula is C25H28N2O4. The van der Waals surface area contributed by atoms with Crippen LogP contribution in [0.2, 0.25) is 0 Å². The van der Waals surface area contributed by atoms with Crippen molar-refractivity contribution >= 4 is 17.5 Å². The molecule has 1 N–H and O–H groups in total. The van der Waals surface area contributed by atoms with Crippen LogP contribution in [0.25, 0.3) is 5.69 Å². The molecule has 0 saturated heterocycles. The quantitative estimate of drug-likeness (QED) is 0.477. The number of ketones is 2. The second-order valence-electron chi connectivity index (χ2n) is 8.12. The lowest BCUT2D eigenvalue weighted by Crippen LogP contribution is -2.26. The van der Waals surface area contributed by atoms with E-state index in [1.165, 1.54) is 0 Å². The van der Waals surface area contributed by atoms with Crippen molar-refractivity contribution in [1.29, 1.82) is 0 Å². The summed E-state index contributed by atoms with van der Waals surface area (Å²) in [5.74, 6) is -1.08. The van der Waals surface area contributed by atoms with E-state index in [0.717, 1.165) is 11.3 Å². The van der Waals surface area contributed by atoms with Crippen molar-refractivity contribution in [2.24, 2.45) is 5.92 Å². The predicted octanol–water partition coefficient (Wildman–Crippen LogP) is 4.48. The lowest BCUT2D eigenvalue weighted by atomic mass is 9.76. The summed E-state index contributed by atoms with van der Waals surface area (Å²) in [5, 5.41) is 8.93. The molecule has 31 heavy (non-hydrogen) atoms. The molecule has 0 amide bonds. The van der Waals surface area contributed by atoms with Gasteiger partial charge < -0.3 is 9.67 Å². The van der Waals surface area contributed by atoms with Gasteiger partial charge in [-0.2, -0.15) is 0 Å². The van der Waals surface area contributed by atoms with E-state index in [1.807, 2.05) is 35.0 Å². The number of benzene rings is 1. The third-order valence-electron chi connectivity index (χ3n) is 6.06. The number of carbonyl (C=O) groups is 3. The molecule has 1 aromatic carbocycles. The van der Waals surface area contributed by atoms with Crippen molar-refractivity contribution in [2.75, 3.05) is 0 Å². The number of aliphatic carboxylic acids is 1. The third kappa shape index (κ3) is 5.08. The molecule has 6 heteroatoms. The number of carboxylic acids is 1. The van der Waals surface area contributed by atoms with Crippen molar-refractivity contribution in [3.05, 3.63) is 70.8 Å². The Morgan fingerprint density at radius 3 is 2.29 bits per heavy atom. The molecule has 1 heterocycles. The summed E-state index contributed by atoms with van der Waals surface area (Å²) in [4.78, 5) is 40.7. The topological polar surface area (TPSA) is 89.3 Å². The van der Waals surface area contributed by atoms with Gasteiger partial charge in [0.15, 0.2) is 11.6 Å². The normalized spacial score (nSPS) is 15.6. The maximum Gasteiger partial charge on any atom is 0.303 e. The average molecular weight is 421 g/mol. The summed E-state index contributed by atoms with van der Waals surface area (Å²) in [7, 11) is 0. The maximum absolute atomic E-state index is 13.1. The van der Waals surface area contributed by atoms with Crippen molar-refractivity contribution in [3.8, 4) is 5.69 Å². The van der Waals surface area contributed by atoms with E-state index in [1.54, 1.807) is 33.3 Å². The van der Waals surface area contributed by atoms with E-state index in [-0.39, 0.29) is 23.9 Å². The molecule has 3 rings (SSSR count). The van der Waals surface area contributed by atoms with Crippen LogP contribution >= 0.6 is 0 Å². The number of allylic oxidation sites excluding steroid dienone is 4. The second kappa shape index (κ2) is 9.69. The van der Waals surface area contributed by atoms with E-state index in [2.05, 4.69) is 4.98 Å². The average Bonchev–Trinajstić information content (AvgIpc) is 3.29. The zero-order valence-electron chi connectivity index (χ0n) is 18.2. The van der Waals surface area contributed by atoms with Crippen LogP contribution in [0, 0.1) is 5.92 Å². The Balaban J connectivity index is 1.85. The Morgan fingerprint density at radius 1 is 1.00 bits per heavy atom. The van der Waals surface area contributed by atoms with Gasteiger partial charge in [0.25, 0.3) is 0 Å². The largest absolute Gasteiger partial charge is 0.481 e. The molecule has 2 aromatic rings. The van der Waals surface area contributed by atoms with Gasteiger partial charge in [-0.15, -0.1) is 0 Å². The SMILES string of the molecule is CC1=C(C)C(=O)C(C(CCCCC(=O)O)Cc2ccc(-n3ccnc3)cc2)=C(C)C1=O. The van der Waals surface area contributed by atoms with Crippen LogP contribution in [0.15, 0.2) is 65.3 Å². The van der Waals surface area contributed by atoms with E-state index < -0.39 is 5.97 Å². The Labute approximate surface area is 182 Å². The Bertz CT molecular complexity index is 1040. The lowest BCUT2D eigenvalue weighted by molar-refractivity contribution is -0.137. The van der Waals surface area contributed by atoms with Gasteiger partial charge in [0.1, 0.15) is 0 Å². The van der Waals surface area contributed by atoms with Gasteiger partial charge in [-0.05, 0) is 63.6 Å². The van der Waals surface area contributed by atoms with Gasteiger partial charge in [0.05, 0.1) is 6.33 Å². The van der Waals surface area contributed by atoms with E-state index in [0.29, 0.717) is 48.0 Å². The van der Waals surface area contributed by atoms with Crippen LogP contribution in [0.3, 0.4) is 0 Å². The van der Waals surface area contributed by atoms with Crippen molar-refractivity contribution in [2.45, 2.75) is 52.9 Å². The molecule has 0 spiro atoms. The molecule has 0 radical (unpaired) electrons. The highest BCUT2D eigenvalue weighted by atomic mass is 16.4. The summed E-state index contributed by atoms with van der Waals surface area (Å²) >= 11 is 0. The number of nitrogens with zero attached hydrogens (tertiary/aromatic N) is 2. The molecule has 1 aliphatic rings. The summed E-state index contributed by atoms with van der Waals surface area (Å²) in [5.41, 5.74) is 4.19. The first-order valence-electron chi connectivity index (χ1n) is 10.6. The van der Waals surface area contributed by atoms with Crippen LogP contribution in [0.5, 0.6) is 0 Å². The Hall–Kier alpha value is -3.28. The first-order chi connectivity index (χ1) is 14.8. The Morgan fingerprint density at radius 2 is 1.68 bits per heavy atom. The van der Waals surface area contributed by atoms with E-state index in [4.69, 9.17) is 5.11 Å². The summed E-state index contributed by atoms with van der Waals surface area (Å²) in [6.07, 6.45) is 7.95.